The summed E-state index contributed by atoms with van der Waals surface area (Å²) in [6.45, 7) is 4.10. The molecule has 0 unspecified atom stereocenters. The Morgan fingerprint density at radius 1 is 1.78 bits per heavy atom. The van der Waals surface area contributed by atoms with Crippen LogP contribution in [0.3, 0.4) is 0 Å². The number of thiophene rings is 1. The molecule has 48 valence electrons. The topological polar surface area (TPSA) is 24.4 Å². The predicted octanol–water partition coefficient (Wildman–Crippen LogP) is 1.45. The van der Waals surface area contributed by atoms with Crippen LogP contribution >= 0.6 is 11.3 Å². The first kappa shape index (κ1) is 6.29. The van der Waals surface area contributed by atoms with E-state index in [0.29, 0.717) is 0 Å². The van der Waals surface area contributed by atoms with Crippen molar-refractivity contribution in [3.05, 3.63) is 22.4 Å². The van der Waals surface area contributed by atoms with Crippen molar-refractivity contribution in [2.75, 3.05) is 0 Å². The largest absolute Gasteiger partial charge is 0.305 e. The molecule has 1 heterocycles. The molecule has 0 amide bonds. The van der Waals surface area contributed by atoms with Crippen LogP contribution in [0, 0.1) is 0 Å². The minimum atomic E-state index is 0.793. The zero-order chi connectivity index (χ0) is 6.53. The third-order valence-corrected chi connectivity index (χ3v) is 1.82. The van der Waals surface area contributed by atoms with Gasteiger partial charge in [-0.15, -0.1) is 11.3 Å². The molecule has 0 aliphatic heterocycles. The summed E-state index contributed by atoms with van der Waals surface area (Å²) in [6, 6.07) is 4.08. The molecule has 0 fully saturated rings. The number of nitrogens with zero attached hydrogens (tertiary/aromatic N) is 1. The van der Waals surface area contributed by atoms with Crippen LogP contribution in [0.25, 0.3) is 0 Å². The van der Waals surface area contributed by atoms with E-state index in [1.54, 1.807) is 11.3 Å². The maximum absolute atomic E-state index is 3.52. The Balaban J connectivity index is 2.38. The summed E-state index contributed by atoms with van der Waals surface area (Å²) in [5.41, 5.74) is 2.77. The van der Waals surface area contributed by atoms with E-state index in [-0.39, 0.29) is 0 Å². The Morgan fingerprint density at radius 3 is 3.22 bits per heavy atom. The lowest BCUT2D eigenvalue weighted by atomic mass is 10.5. The van der Waals surface area contributed by atoms with Gasteiger partial charge in [0.25, 0.3) is 0 Å². The van der Waals surface area contributed by atoms with Crippen LogP contribution in [-0.4, -0.2) is 6.72 Å². The van der Waals surface area contributed by atoms with Crippen LogP contribution < -0.4 is 5.43 Å². The van der Waals surface area contributed by atoms with E-state index in [1.807, 2.05) is 11.4 Å². The van der Waals surface area contributed by atoms with Gasteiger partial charge in [0.1, 0.15) is 0 Å². The second kappa shape index (κ2) is 3.25. The first-order valence-corrected chi connectivity index (χ1v) is 3.52. The van der Waals surface area contributed by atoms with E-state index >= 15 is 0 Å². The molecule has 0 spiro atoms. The van der Waals surface area contributed by atoms with Gasteiger partial charge in [-0.3, -0.25) is 0 Å². The van der Waals surface area contributed by atoms with Crippen LogP contribution in [-0.2, 0) is 6.54 Å². The maximum Gasteiger partial charge on any atom is 0.0672 e. The Kier molecular flexibility index (Phi) is 2.27. The second-order valence-corrected chi connectivity index (χ2v) is 2.60. The molecule has 2 nitrogen and oxygen atoms in total. The lowest BCUT2D eigenvalue weighted by Crippen LogP contribution is -2.01. The number of hydrogen-bond acceptors (Lipinski definition) is 3. The molecule has 1 N–H and O–H groups in total. The third-order valence-electron chi connectivity index (χ3n) is 0.945. The van der Waals surface area contributed by atoms with Gasteiger partial charge in [0.2, 0.25) is 0 Å². The van der Waals surface area contributed by atoms with Crippen LogP contribution in [0.2, 0.25) is 0 Å². The molecule has 0 aliphatic rings. The van der Waals surface area contributed by atoms with Gasteiger partial charge in [-0.1, -0.05) is 6.07 Å². The van der Waals surface area contributed by atoms with Crippen molar-refractivity contribution in [1.29, 1.82) is 0 Å². The lowest BCUT2D eigenvalue weighted by Gasteiger charge is -1.92. The molecule has 1 rings (SSSR count). The van der Waals surface area contributed by atoms with Crippen LogP contribution in [0.4, 0.5) is 0 Å². The van der Waals surface area contributed by atoms with Crippen molar-refractivity contribution >= 4 is 18.1 Å². The fraction of sp³-hybridized carbons (Fsp3) is 0.167. The zero-order valence-corrected chi connectivity index (χ0v) is 5.82. The standard InChI is InChI=1S/C6H8N2S/c1-7-8-5-6-3-2-4-9-6/h2-4,8H,1,5H2. The molecule has 1 aromatic heterocycles. The highest BCUT2D eigenvalue weighted by atomic mass is 32.1. The van der Waals surface area contributed by atoms with Gasteiger partial charge in [-0.2, -0.15) is 5.10 Å². The monoisotopic (exact) mass is 140 g/mol. The summed E-state index contributed by atoms with van der Waals surface area (Å²) in [7, 11) is 0. The molecule has 0 aliphatic carbocycles. The summed E-state index contributed by atoms with van der Waals surface area (Å²) >= 11 is 1.71. The van der Waals surface area contributed by atoms with Crippen molar-refractivity contribution in [2.45, 2.75) is 6.54 Å². The van der Waals surface area contributed by atoms with Gasteiger partial charge >= 0.3 is 0 Å². The van der Waals surface area contributed by atoms with Crippen molar-refractivity contribution in [2.24, 2.45) is 5.10 Å². The average molecular weight is 140 g/mol. The summed E-state index contributed by atoms with van der Waals surface area (Å²) < 4.78 is 0. The van der Waals surface area contributed by atoms with E-state index in [1.165, 1.54) is 4.88 Å². The van der Waals surface area contributed by atoms with Crippen molar-refractivity contribution < 1.29 is 0 Å². The minimum Gasteiger partial charge on any atom is -0.305 e. The first-order valence-electron chi connectivity index (χ1n) is 2.64. The van der Waals surface area contributed by atoms with E-state index in [2.05, 4.69) is 23.3 Å². The summed E-state index contributed by atoms with van der Waals surface area (Å²) in [5.74, 6) is 0. The normalized spacial score (nSPS) is 8.89. The van der Waals surface area contributed by atoms with Gasteiger partial charge in [-0.25, -0.2) is 0 Å². The SMILES string of the molecule is C=NNCc1cccs1. The minimum absolute atomic E-state index is 0.793. The van der Waals surface area contributed by atoms with Gasteiger partial charge < -0.3 is 5.43 Å². The summed E-state index contributed by atoms with van der Waals surface area (Å²) in [4.78, 5) is 1.28. The number of rotatable bonds is 3. The quantitative estimate of drug-likeness (QED) is 0.499. The molecule has 0 saturated heterocycles. The van der Waals surface area contributed by atoms with Crippen molar-refractivity contribution in [3.8, 4) is 0 Å². The Hall–Kier alpha value is -0.830. The first-order chi connectivity index (χ1) is 4.43. The predicted molar refractivity (Wildman–Crippen MR) is 40.7 cm³/mol. The second-order valence-electron chi connectivity index (χ2n) is 1.57. The van der Waals surface area contributed by atoms with E-state index in [9.17, 15) is 0 Å². The summed E-state index contributed by atoms with van der Waals surface area (Å²) in [5, 5.41) is 5.56. The molecule has 9 heavy (non-hydrogen) atoms. The van der Waals surface area contributed by atoms with Gasteiger partial charge in [0, 0.05) is 11.6 Å². The van der Waals surface area contributed by atoms with E-state index in [4.69, 9.17) is 0 Å². The van der Waals surface area contributed by atoms with Gasteiger partial charge in [0.15, 0.2) is 0 Å². The molecule has 0 aromatic carbocycles. The zero-order valence-electron chi connectivity index (χ0n) is 5.00. The van der Waals surface area contributed by atoms with Gasteiger partial charge in [0.05, 0.1) is 6.54 Å². The lowest BCUT2D eigenvalue weighted by molar-refractivity contribution is 0.761. The third kappa shape index (κ3) is 1.85. The molecular weight excluding hydrogens is 132 g/mol. The Morgan fingerprint density at radius 2 is 2.67 bits per heavy atom. The molecule has 0 radical (unpaired) electrons. The molecular formula is C6H8N2S. The van der Waals surface area contributed by atoms with Crippen LogP contribution in [0.1, 0.15) is 4.88 Å². The fourth-order valence-electron chi connectivity index (χ4n) is 0.547. The van der Waals surface area contributed by atoms with Crippen molar-refractivity contribution in [3.63, 3.8) is 0 Å². The van der Waals surface area contributed by atoms with Crippen LogP contribution in [0.15, 0.2) is 22.6 Å². The van der Waals surface area contributed by atoms with Crippen molar-refractivity contribution in [1.82, 2.24) is 5.43 Å². The Bertz CT molecular complexity index is 169. The van der Waals surface area contributed by atoms with E-state index in [0.717, 1.165) is 6.54 Å². The highest BCUT2D eigenvalue weighted by Crippen LogP contribution is 2.06. The number of nitrogens with one attached hydrogen (secondary N) is 1. The highest BCUT2D eigenvalue weighted by Gasteiger charge is 1.87. The number of hydrazone groups is 1. The Labute approximate surface area is 58.2 Å². The van der Waals surface area contributed by atoms with E-state index < -0.39 is 0 Å². The number of hydrogen-bond donors (Lipinski definition) is 1. The molecule has 0 atom stereocenters. The van der Waals surface area contributed by atoms with Gasteiger partial charge in [-0.05, 0) is 11.4 Å². The van der Waals surface area contributed by atoms with Crippen LogP contribution in [0.5, 0.6) is 0 Å². The molecule has 3 heteroatoms. The average Bonchev–Trinajstić information content (AvgIpc) is 2.34. The maximum atomic E-state index is 3.52. The smallest absolute Gasteiger partial charge is 0.0672 e. The molecule has 0 saturated carbocycles. The summed E-state index contributed by atoms with van der Waals surface area (Å²) in [6.07, 6.45) is 0. The highest BCUT2D eigenvalue weighted by molar-refractivity contribution is 7.09. The molecule has 1 aromatic rings. The molecule has 0 bridgehead atoms. The fourth-order valence-corrected chi connectivity index (χ4v) is 1.18.